The molecule has 7 atom stereocenters. The summed E-state index contributed by atoms with van der Waals surface area (Å²) in [7, 11) is 1.55. The molecule has 4 aliphatic carbocycles. The molecule has 0 saturated heterocycles. The number of rotatable bonds is 2. The maximum Gasteiger partial charge on any atom is 0.134 e. The summed E-state index contributed by atoms with van der Waals surface area (Å²) in [4.78, 5) is 17.4. The third-order valence-electron chi connectivity index (χ3n) is 8.09. The molecular weight excluding hydrogens is 342 g/mol. The Morgan fingerprint density at radius 2 is 2.00 bits per heavy atom. The first-order valence-corrected chi connectivity index (χ1v) is 10.1. The van der Waals surface area contributed by atoms with Gasteiger partial charge in [0, 0.05) is 17.3 Å². The molecule has 0 aromatic carbocycles. The van der Waals surface area contributed by atoms with Crippen molar-refractivity contribution in [1.82, 2.24) is 0 Å². The zero-order chi connectivity index (χ0) is 19.6. The number of hydrogen-bond acceptors (Lipinski definition) is 5. The molecule has 148 valence electrons. The first-order valence-electron chi connectivity index (χ1n) is 10.1. The summed E-state index contributed by atoms with van der Waals surface area (Å²) < 4.78 is 0. The van der Waals surface area contributed by atoms with Gasteiger partial charge in [0.15, 0.2) is 0 Å². The van der Waals surface area contributed by atoms with Crippen LogP contribution in [0.4, 0.5) is 0 Å². The van der Waals surface area contributed by atoms with Gasteiger partial charge in [0.1, 0.15) is 12.9 Å². The Kier molecular flexibility index (Phi) is 4.39. The maximum atomic E-state index is 12.2. The number of carbonyl (C=O) groups is 1. The van der Waals surface area contributed by atoms with E-state index in [0.29, 0.717) is 18.8 Å². The fraction of sp³-hybridized carbons (Fsp3) is 0.727. The second-order valence-electron chi connectivity index (χ2n) is 9.46. The number of fused-ring (bicyclic) bond motifs is 5. The van der Waals surface area contributed by atoms with E-state index in [-0.39, 0.29) is 28.4 Å². The van der Waals surface area contributed by atoms with Crippen LogP contribution in [0.1, 0.15) is 52.9 Å². The Labute approximate surface area is 161 Å². The smallest absolute Gasteiger partial charge is 0.134 e. The molecule has 5 nitrogen and oxygen atoms in total. The predicted octanol–water partition coefficient (Wildman–Crippen LogP) is 3.02. The lowest BCUT2D eigenvalue weighted by atomic mass is 9.48. The molecule has 2 N–H and O–H groups in total. The van der Waals surface area contributed by atoms with Gasteiger partial charge in [-0.3, -0.25) is 4.79 Å². The van der Waals surface area contributed by atoms with Crippen LogP contribution in [-0.2, 0) is 9.63 Å². The summed E-state index contributed by atoms with van der Waals surface area (Å²) in [5, 5.41) is 25.0. The Bertz CT molecular complexity index is 753. The van der Waals surface area contributed by atoms with Crippen molar-refractivity contribution in [2.75, 3.05) is 7.11 Å². The third kappa shape index (κ3) is 2.58. The van der Waals surface area contributed by atoms with Crippen molar-refractivity contribution in [1.29, 1.82) is 0 Å². The molecule has 0 aromatic heterocycles. The van der Waals surface area contributed by atoms with Crippen LogP contribution in [0.5, 0.6) is 0 Å². The van der Waals surface area contributed by atoms with Gasteiger partial charge in [-0.15, -0.1) is 0 Å². The zero-order valence-corrected chi connectivity index (χ0v) is 16.7. The fourth-order valence-electron chi connectivity index (χ4n) is 6.63. The van der Waals surface area contributed by atoms with Gasteiger partial charge in [-0.1, -0.05) is 25.1 Å². The molecule has 0 bridgehead atoms. The van der Waals surface area contributed by atoms with E-state index in [1.165, 1.54) is 11.1 Å². The van der Waals surface area contributed by atoms with Gasteiger partial charge in [0.2, 0.25) is 0 Å². The molecule has 4 aliphatic rings. The normalized spacial score (nSPS) is 47.5. The summed E-state index contributed by atoms with van der Waals surface area (Å²) in [6.07, 6.45) is 6.84. The van der Waals surface area contributed by atoms with E-state index in [1.807, 2.05) is 0 Å². The number of hydrogen-bond donors (Lipinski definition) is 2. The monoisotopic (exact) mass is 373 g/mol. The van der Waals surface area contributed by atoms with Crippen LogP contribution in [0.15, 0.2) is 28.5 Å². The van der Waals surface area contributed by atoms with Gasteiger partial charge in [0.25, 0.3) is 0 Å². The highest BCUT2D eigenvalue weighted by atomic mass is 16.6. The van der Waals surface area contributed by atoms with Crippen molar-refractivity contribution in [2.24, 2.45) is 33.7 Å². The molecule has 0 heterocycles. The van der Waals surface area contributed by atoms with Crippen LogP contribution in [-0.4, -0.2) is 41.0 Å². The van der Waals surface area contributed by atoms with Crippen molar-refractivity contribution < 1.29 is 19.8 Å². The molecular formula is C22H31NO4. The molecule has 5 heteroatoms. The van der Waals surface area contributed by atoms with Crippen LogP contribution in [0.3, 0.4) is 0 Å². The Morgan fingerprint density at radius 3 is 2.67 bits per heavy atom. The third-order valence-corrected chi connectivity index (χ3v) is 8.09. The topological polar surface area (TPSA) is 79.1 Å². The van der Waals surface area contributed by atoms with Crippen molar-refractivity contribution in [2.45, 2.75) is 65.1 Å². The zero-order valence-electron chi connectivity index (χ0n) is 16.7. The highest BCUT2D eigenvalue weighted by molar-refractivity contribution is 6.00. The van der Waals surface area contributed by atoms with Gasteiger partial charge in [-0.05, 0) is 67.6 Å². The lowest BCUT2D eigenvalue weighted by Crippen LogP contribution is -2.55. The average Bonchev–Trinajstić information content (AvgIpc) is 2.95. The molecule has 2 saturated carbocycles. The molecule has 1 unspecified atom stereocenters. The summed E-state index contributed by atoms with van der Waals surface area (Å²) >= 11 is 0. The SMILES string of the molecule is CON=C1C=C2C3=CC[C@H](C(C)=O)[C@@]3(C)CCC2[C@@]2(C)C[C@H](O)[C@H](O)C[C@@H]12. The van der Waals surface area contributed by atoms with Crippen LogP contribution >= 0.6 is 0 Å². The van der Waals surface area contributed by atoms with Crippen LogP contribution in [0.25, 0.3) is 0 Å². The van der Waals surface area contributed by atoms with Gasteiger partial charge < -0.3 is 15.1 Å². The molecule has 0 amide bonds. The quantitative estimate of drug-likeness (QED) is 0.729. The minimum atomic E-state index is -0.721. The van der Waals surface area contributed by atoms with E-state index < -0.39 is 12.2 Å². The number of aliphatic hydroxyl groups excluding tert-OH is 2. The summed E-state index contributed by atoms with van der Waals surface area (Å²) in [6.45, 7) is 6.17. The van der Waals surface area contributed by atoms with Gasteiger partial charge in [-0.25, -0.2) is 0 Å². The number of carbonyl (C=O) groups excluding carboxylic acids is 1. The standard InChI is InChI=1S/C22H31NO4/c1-12(24)14-5-6-15-13-9-18(23-27-4)17-10-19(25)20(26)11-22(17,3)16(13)7-8-21(14,15)2/h6,9,14,16-17,19-20,25-26H,5,7-8,10-11H2,1-4H3/t14-,16?,17+,19-,20+,21-,22-/m1/s1. The molecule has 0 radical (unpaired) electrons. The minimum Gasteiger partial charge on any atom is -0.399 e. The Balaban J connectivity index is 1.81. The second kappa shape index (κ2) is 6.28. The van der Waals surface area contributed by atoms with E-state index in [9.17, 15) is 15.0 Å². The second-order valence-corrected chi connectivity index (χ2v) is 9.46. The number of aliphatic hydroxyl groups is 2. The predicted molar refractivity (Wildman–Crippen MR) is 103 cm³/mol. The minimum absolute atomic E-state index is 0.0569. The molecule has 2 fully saturated rings. The first kappa shape index (κ1) is 18.9. The van der Waals surface area contributed by atoms with Gasteiger partial charge >= 0.3 is 0 Å². The van der Waals surface area contributed by atoms with E-state index in [2.05, 4.69) is 31.2 Å². The van der Waals surface area contributed by atoms with E-state index in [0.717, 1.165) is 25.0 Å². The molecule has 0 aliphatic heterocycles. The molecule has 0 aromatic rings. The number of oxime groups is 1. The Hall–Kier alpha value is -1.46. The van der Waals surface area contributed by atoms with Crippen molar-refractivity contribution >= 4 is 11.5 Å². The number of Topliss-reactive ketones (excluding diaryl/α,β-unsaturated/α-hetero) is 1. The summed E-state index contributed by atoms with van der Waals surface area (Å²) in [5.41, 5.74) is 3.14. The highest BCUT2D eigenvalue weighted by Gasteiger charge is 2.58. The molecule has 4 rings (SSSR count). The van der Waals surface area contributed by atoms with Crippen LogP contribution in [0, 0.1) is 28.6 Å². The lowest BCUT2D eigenvalue weighted by Gasteiger charge is -2.56. The number of allylic oxidation sites excluding steroid dienone is 4. The van der Waals surface area contributed by atoms with Crippen LogP contribution in [0.2, 0.25) is 0 Å². The van der Waals surface area contributed by atoms with Crippen molar-refractivity contribution in [3.8, 4) is 0 Å². The Morgan fingerprint density at radius 1 is 1.26 bits per heavy atom. The summed E-state index contributed by atoms with van der Waals surface area (Å²) in [5.74, 6) is 0.705. The van der Waals surface area contributed by atoms with Gasteiger partial charge in [-0.2, -0.15) is 0 Å². The fourth-order valence-corrected chi connectivity index (χ4v) is 6.63. The molecule has 0 spiro atoms. The maximum absolute atomic E-state index is 12.2. The van der Waals surface area contributed by atoms with Crippen molar-refractivity contribution in [3.63, 3.8) is 0 Å². The van der Waals surface area contributed by atoms with E-state index in [1.54, 1.807) is 14.0 Å². The lowest BCUT2D eigenvalue weighted by molar-refractivity contribution is -0.123. The summed E-state index contributed by atoms with van der Waals surface area (Å²) in [6, 6.07) is 0. The van der Waals surface area contributed by atoms with Crippen LogP contribution < -0.4 is 0 Å². The average molecular weight is 373 g/mol. The highest BCUT2D eigenvalue weighted by Crippen LogP contribution is 2.63. The van der Waals surface area contributed by atoms with E-state index in [4.69, 9.17) is 4.84 Å². The van der Waals surface area contributed by atoms with E-state index >= 15 is 0 Å². The van der Waals surface area contributed by atoms with Crippen molar-refractivity contribution in [3.05, 3.63) is 23.3 Å². The molecule has 27 heavy (non-hydrogen) atoms. The van der Waals surface area contributed by atoms with Gasteiger partial charge in [0.05, 0.1) is 17.9 Å². The largest absolute Gasteiger partial charge is 0.399 e. The first-order chi connectivity index (χ1) is 12.7. The number of ketones is 1. The number of nitrogens with zero attached hydrogens (tertiary/aromatic N) is 1.